The second-order valence-corrected chi connectivity index (χ2v) is 5.00. The van der Waals surface area contributed by atoms with Crippen LogP contribution in [0.5, 0.6) is 0 Å². The van der Waals surface area contributed by atoms with Crippen molar-refractivity contribution < 1.29 is 9.53 Å². The number of amides is 1. The second kappa shape index (κ2) is 5.18. The molecule has 0 aromatic carbocycles. The molecule has 3 N–H and O–H groups in total. The molecule has 1 rings (SSSR count). The third-order valence-electron chi connectivity index (χ3n) is 2.24. The van der Waals surface area contributed by atoms with E-state index in [1.807, 2.05) is 20.8 Å². The summed E-state index contributed by atoms with van der Waals surface area (Å²) in [6, 6.07) is -0.183. The number of ether oxygens (including phenoxy) is 1. The number of nitrogens with zero attached hydrogens (tertiary/aromatic N) is 1. The van der Waals surface area contributed by atoms with Crippen LogP contribution in [0.15, 0.2) is 4.99 Å². The predicted octanol–water partition coefficient (Wildman–Crippen LogP) is 1.42. The predicted molar refractivity (Wildman–Crippen MR) is 63.5 cm³/mol. The Morgan fingerprint density at radius 1 is 1.50 bits per heavy atom. The molecule has 0 fully saturated rings. The van der Waals surface area contributed by atoms with E-state index in [1.165, 1.54) is 0 Å². The lowest BCUT2D eigenvalue weighted by Crippen LogP contribution is -2.46. The Hall–Kier alpha value is -1.26. The van der Waals surface area contributed by atoms with E-state index in [4.69, 9.17) is 10.5 Å². The third-order valence-corrected chi connectivity index (χ3v) is 2.24. The van der Waals surface area contributed by atoms with Crippen LogP contribution >= 0.6 is 0 Å². The number of carbonyl (C=O) groups excluding carboxylic acids is 1. The Labute approximate surface area is 96.4 Å². The summed E-state index contributed by atoms with van der Waals surface area (Å²) >= 11 is 0. The quantitative estimate of drug-likeness (QED) is 0.711. The topological polar surface area (TPSA) is 76.7 Å². The number of carbonyl (C=O) groups is 1. The first kappa shape index (κ1) is 12.8. The minimum atomic E-state index is -0.485. The lowest BCUT2D eigenvalue weighted by Gasteiger charge is -2.22. The average molecular weight is 227 g/mol. The van der Waals surface area contributed by atoms with E-state index in [-0.39, 0.29) is 6.04 Å². The van der Waals surface area contributed by atoms with Gasteiger partial charge >= 0.3 is 6.09 Å². The Kier molecular flexibility index (Phi) is 4.15. The normalized spacial score (nSPS) is 21.9. The van der Waals surface area contributed by atoms with Crippen molar-refractivity contribution in [3.8, 4) is 0 Å². The van der Waals surface area contributed by atoms with Crippen molar-refractivity contribution in [1.29, 1.82) is 0 Å². The lowest BCUT2D eigenvalue weighted by atomic mass is 10.1. The standard InChI is InChI=1S/C11H21N3O2/c1-11(2,3)16-10(15)14-8-6-4-5-7-13-9(8)12/h8H,4-7H2,1-3H3,(H2,12,13)(H,14,15). The van der Waals surface area contributed by atoms with E-state index >= 15 is 0 Å². The van der Waals surface area contributed by atoms with Gasteiger partial charge in [0.25, 0.3) is 0 Å². The van der Waals surface area contributed by atoms with Crippen LogP contribution in [0.3, 0.4) is 0 Å². The van der Waals surface area contributed by atoms with Gasteiger partial charge in [-0.05, 0) is 40.0 Å². The fourth-order valence-electron chi connectivity index (χ4n) is 1.52. The SMILES string of the molecule is CC(C)(C)OC(=O)NC1CCCCN=C1N. The van der Waals surface area contributed by atoms with E-state index in [2.05, 4.69) is 10.3 Å². The number of hydrogen-bond acceptors (Lipinski definition) is 4. The third kappa shape index (κ3) is 4.51. The molecule has 1 heterocycles. The van der Waals surface area contributed by atoms with Crippen molar-refractivity contribution in [1.82, 2.24) is 5.32 Å². The zero-order valence-corrected chi connectivity index (χ0v) is 10.2. The van der Waals surface area contributed by atoms with Gasteiger partial charge in [-0.15, -0.1) is 0 Å². The Bertz CT molecular complexity index is 281. The molecule has 0 aromatic rings. The molecule has 0 saturated carbocycles. The van der Waals surface area contributed by atoms with Crippen molar-refractivity contribution in [2.75, 3.05) is 6.54 Å². The maximum atomic E-state index is 11.5. The molecule has 0 aromatic heterocycles. The van der Waals surface area contributed by atoms with Gasteiger partial charge in [-0.25, -0.2) is 4.79 Å². The first-order valence-corrected chi connectivity index (χ1v) is 5.68. The number of nitrogens with two attached hydrogens (primary N) is 1. The zero-order chi connectivity index (χ0) is 12.2. The number of alkyl carbamates (subject to hydrolysis) is 1. The lowest BCUT2D eigenvalue weighted by molar-refractivity contribution is 0.0516. The van der Waals surface area contributed by atoms with Gasteiger partial charge in [0.05, 0.1) is 6.04 Å². The minimum absolute atomic E-state index is 0.183. The average Bonchev–Trinajstić information content (AvgIpc) is 2.29. The fraction of sp³-hybridized carbons (Fsp3) is 0.818. The van der Waals surface area contributed by atoms with E-state index in [9.17, 15) is 4.79 Å². The molecular weight excluding hydrogens is 206 g/mol. The highest BCUT2D eigenvalue weighted by Gasteiger charge is 2.22. The van der Waals surface area contributed by atoms with E-state index in [0.29, 0.717) is 5.84 Å². The van der Waals surface area contributed by atoms with Crippen LogP contribution < -0.4 is 11.1 Å². The van der Waals surface area contributed by atoms with E-state index in [1.54, 1.807) is 0 Å². The fourth-order valence-corrected chi connectivity index (χ4v) is 1.52. The number of amidine groups is 1. The van der Waals surface area contributed by atoms with Crippen LogP contribution in [-0.4, -0.2) is 30.1 Å². The second-order valence-electron chi connectivity index (χ2n) is 5.00. The van der Waals surface area contributed by atoms with Crippen molar-refractivity contribution in [3.63, 3.8) is 0 Å². The number of rotatable bonds is 1. The summed E-state index contributed by atoms with van der Waals surface area (Å²) in [6.45, 7) is 6.24. The molecular formula is C11H21N3O2. The van der Waals surface area contributed by atoms with Crippen LogP contribution in [-0.2, 0) is 4.74 Å². The Morgan fingerprint density at radius 2 is 2.19 bits per heavy atom. The van der Waals surface area contributed by atoms with Crippen LogP contribution in [0.25, 0.3) is 0 Å². The molecule has 5 heteroatoms. The monoisotopic (exact) mass is 227 g/mol. The molecule has 1 aliphatic rings. The van der Waals surface area contributed by atoms with Gasteiger partial charge < -0.3 is 15.8 Å². The Balaban J connectivity index is 2.49. The van der Waals surface area contributed by atoms with Crippen LogP contribution in [0.4, 0.5) is 4.79 Å². The van der Waals surface area contributed by atoms with Crippen molar-refractivity contribution in [2.45, 2.75) is 51.7 Å². The molecule has 0 aliphatic carbocycles. The van der Waals surface area contributed by atoms with Crippen LogP contribution in [0, 0.1) is 0 Å². The molecule has 1 amide bonds. The molecule has 1 unspecified atom stereocenters. The molecule has 16 heavy (non-hydrogen) atoms. The largest absolute Gasteiger partial charge is 0.444 e. The summed E-state index contributed by atoms with van der Waals surface area (Å²) < 4.78 is 5.17. The smallest absolute Gasteiger partial charge is 0.408 e. The highest BCUT2D eigenvalue weighted by Crippen LogP contribution is 2.10. The van der Waals surface area contributed by atoms with Gasteiger partial charge in [0, 0.05) is 6.54 Å². The first-order chi connectivity index (χ1) is 7.38. The summed E-state index contributed by atoms with van der Waals surface area (Å²) in [5.41, 5.74) is 5.29. The van der Waals surface area contributed by atoms with Crippen LogP contribution in [0.1, 0.15) is 40.0 Å². The van der Waals surface area contributed by atoms with Gasteiger partial charge in [-0.1, -0.05) is 0 Å². The van der Waals surface area contributed by atoms with Crippen molar-refractivity contribution >= 4 is 11.9 Å². The molecule has 1 atom stereocenters. The highest BCUT2D eigenvalue weighted by molar-refractivity contribution is 5.89. The maximum absolute atomic E-state index is 11.5. The summed E-state index contributed by atoms with van der Waals surface area (Å²) in [6.07, 6.45) is 2.43. The first-order valence-electron chi connectivity index (χ1n) is 5.68. The molecule has 92 valence electrons. The van der Waals surface area contributed by atoms with Crippen molar-refractivity contribution in [2.24, 2.45) is 10.7 Å². The number of nitrogens with one attached hydrogen (secondary N) is 1. The molecule has 0 radical (unpaired) electrons. The molecule has 0 spiro atoms. The van der Waals surface area contributed by atoms with Gasteiger partial charge in [0.1, 0.15) is 11.4 Å². The van der Waals surface area contributed by atoms with Crippen molar-refractivity contribution in [3.05, 3.63) is 0 Å². The van der Waals surface area contributed by atoms with Crippen LogP contribution in [0.2, 0.25) is 0 Å². The van der Waals surface area contributed by atoms with E-state index < -0.39 is 11.7 Å². The maximum Gasteiger partial charge on any atom is 0.408 e. The Morgan fingerprint density at radius 3 is 2.81 bits per heavy atom. The van der Waals surface area contributed by atoms with Gasteiger partial charge in [0.2, 0.25) is 0 Å². The minimum Gasteiger partial charge on any atom is -0.444 e. The highest BCUT2D eigenvalue weighted by atomic mass is 16.6. The number of hydrogen-bond donors (Lipinski definition) is 2. The molecule has 0 bridgehead atoms. The van der Waals surface area contributed by atoms with Gasteiger partial charge in [0.15, 0.2) is 0 Å². The molecule has 1 aliphatic heterocycles. The van der Waals surface area contributed by atoms with E-state index in [0.717, 1.165) is 25.8 Å². The summed E-state index contributed by atoms with van der Waals surface area (Å²) in [7, 11) is 0. The summed E-state index contributed by atoms with van der Waals surface area (Å²) in [5.74, 6) is 0.503. The van der Waals surface area contributed by atoms with Gasteiger partial charge in [-0.3, -0.25) is 4.99 Å². The zero-order valence-electron chi connectivity index (χ0n) is 10.2. The number of aliphatic imine (C=N–C) groups is 1. The van der Waals surface area contributed by atoms with Gasteiger partial charge in [-0.2, -0.15) is 0 Å². The summed E-state index contributed by atoms with van der Waals surface area (Å²) in [4.78, 5) is 15.7. The summed E-state index contributed by atoms with van der Waals surface area (Å²) in [5, 5.41) is 2.75. The molecule has 5 nitrogen and oxygen atoms in total. The molecule has 0 saturated heterocycles.